The number of nitrogens with zero attached hydrogens (tertiary/aromatic N) is 2. The maximum Gasteiger partial charge on any atom is 0.145 e. The van der Waals surface area contributed by atoms with E-state index in [9.17, 15) is 0 Å². The Bertz CT molecular complexity index is 2170. The summed E-state index contributed by atoms with van der Waals surface area (Å²) in [6.07, 6.45) is 0. The largest absolute Gasteiger partial charge is 0.456 e. The normalized spacial score (nSPS) is 11.5. The molecule has 0 spiro atoms. The SMILES string of the molecule is c1ccc(-c2nc3ccccc3n2-c2cccc(-c3cccc(-c4ccc5oc6ccccc6c5c4)c3)c2)cc1. The van der Waals surface area contributed by atoms with Gasteiger partial charge >= 0.3 is 0 Å². The monoisotopic (exact) mass is 512 g/mol. The van der Waals surface area contributed by atoms with Crippen LogP contribution >= 0.6 is 0 Å². The number of aromatic nitrogens is 2. The van der Waals surface area contributed by atoms with Crippen molar-refractivity contribution in [3.05, 3.63) is 146 Å². The lowest BCUT2D eigenvalue weighted by atomic mass is 9.97. The van der Waals surface area contributed by atoms with E-state index in [0.29, 0.717) is 0 Å². The second-order valence-electron chi connectivity index (χ2n) is 10.1. The highest BCUT2D eigenvalue weighted by molar-refractivity contribution is 6.06. The Morgan fingerprint density at radius 2 is 1.10 bits per heavy atom. The smallest absolute Gasteiger partial charge is 0.145 e. The zero-order valence-electron chi connectivity index (χ0n) is 21.7. The molecular formula is C37H24N2O. The minimum Gasteiger partial charge on any atom is -0.456 e. The van der Waals surface area contributed by atoms with Crippen molar-refractivity contribution in [1.82, 2.24) is 9.55 Å². The van der Waals surface area contributed by atoms with Crippen molar-refractivity contribution in [3.8, 4) is 39.3 Å². The van der Waals surface area contributed by atoms with Gasteiger partial charge in [-0.05, 0) is 70.8 Å². The van der Waals surface area contributed by atoms with Crippen molar-refractivity contribution in [3.63, 3.8) is 0 Å². The average Bonchev–Trinajstić information content (AvgIpc) is 3.60. The molecule has 3 nitrogen and oxygen atoms in total. The Morgan fingerprint density at radius 3 is 1.98 bits per heavy atom. The van der Waals surface area contributed by atoms with Crippen LogP contribution in [0, 0.1) is 0 Å². The maximum absolute atomic E-state index is 6.05. The summed E-state index contributed by atoms with van der Waals surface area (Å²) in [5.41, 5.74) is 10.8. The third-order valence-electron chi connectivity index (χ3n) is 7.60. The maximum atomic E-state index is 6.05. The minimum absolute atomic E-state index is 0.913. The Kier molecular flexibility index (Phi) is 5.14. The van der Waals surface area contributed by atoms with Gasteiger partial charge in [0.1, 0.15) is 17.0 Å². The van der Waals surface area contributed by atoms with Crippen molar-refractivity contribution in [2.45, 2.75) is 0 Å². The Hall–Kier alpha value is -5.41. The summed E-state index contributed by atoms with van der Waals surface area (Å²) in [5.74, 6) is 0.938. The van der Waals surface area contributed by atoms with Crippen LogP contribution < -0.4 is 0 Å². The predicted octanol–water partition coefficient (Wildman–Crippen LogP) is 9.93. The number of hydrogen-bond acceptors (Lipinski definition) is 2. The van der Waals surface area contributed by atoms with Gasteiger partial charge in [-0.25, -0.2) is 4.98 Å². The van der Waals surface area contributed by atoms with Gasteiger partial charge in [0.25, 0.3) is 0 Å². The number of para-hydroxylation sites is 3. The molecule has 3 heteroatoms. The molecule has 8 rings (SSSR count). The van der Waals surface area contributed by atoms with Crippen LogP contribution in [0.4, 0.5) is 0 Å². The second-order valence-corrected chi connectivity index (χ2v) is 10.1. The lowest BCUT2D eigenvalue weighted by Gasteiger charge is -2.12. The summed E-state index contributed by atoms with van der Waals surface area (Å²) in [5, 5.41) is 2.28. The molecule has 8 aromatic rings. The first-order chi connectivity index (χ1) is 19.8. The van der Waals surface area contributed by atoms with Gasteiger partial charge in [0.15, 0.2) is 0 Å². The lowest BCUT2D eigenvalue weighted by Crippen LogP contribution is -1.98. The first-order valence-electron chi connectivity index (χ1n) is 13.5. The van der Waals surface area contributed by atoms with Crippen LogP contribution in [0.5, 0.6) is 0 Å². The number of imidazole rings is 1. The minimum atomic E-state index is 0.913. The molecule has 0 saturated carbocycles. The molecular weight excluding hydrogens is 488 g/mol. The Labute approximate surface area is 231 Å². The Balaban J connectivity index is 1.24. The van der Waals surface area contributed by atoms with Crippen LogP contribution in [0.15, 0.2) is 150 Å². The van der Waals surface area contributed by atoms with Crippen molar-refractivity contribution in [1.29, 1.82) is 0 Å². The van der Waals surface area contributed by atoms with Gasteiger partial charge in [-0.15, -0.1) is 0 Å². The van der Waals surface area contributed by atoms with E-state index < -0.39 is 0 Å². The topological polar surface area (TPSA) is 31.0 Å². The van der Waals surface area contributed by atoms with Crippen LogP contribution in [-0.4, -0.2) is 9.55 Å². The van der Waals surface area contributed by atoms with Crippen LogP contribution in [-0.2, 0) is 0 Å². The number of furan rings is 1. The zero-order chi connectivity index (χ0) is 26.5. The summed E-state index contributed by atoms with van der Waals surface area (Å²) < 4.78 is 8.31. The summed E-state index contributed by atoms with van der Waals surface area (Å²) >= 11 is 0. The standard InChI is InChI=1S/C37H24N2O/c1-2-10-25(11-3-1)37-38-33-17-5-6-18-34(33)39(37)30-15-9-14-28(23-30)26-12-8-13-27(22-26)29-20-21-36-32(24-29)31-16-4-7-19-35(31)40-36/h1-24H. The summed E-state index contributed by atoms with van der Waals surface area (Å²) in [6, 6.07) is 50.9. The van der Waals surface area contributed by atoms with Crippen molar-refractivity contribution in [2.75, 3.05) is 0 Å². The van der Waals surface area contributed by atoms with Gasteiger partial charge in [0, 0.05) is 22.0 Å². The molecule has 188 valence electrons. The van der Waals surface area contributed by atoms with Crippen molar-refractivity contribution in [2.24, 2.45) is 0 Å². The van der Waals surface area contributed by atoms with E-state index in [4.69, 9.17) is 9.40 Å². The van der Waals surface area contributed by atoms with Crippen molar-refractivity contribution < 1.29 is 4.42 Å². The van der Waals surface area contributed by atoms with Gasteiger partial charge < -0.3 is 4.42 Å². The van der Waals surface area contributed by atoms with Crippen molar-refractivity contribution >= 4 is 33.0 Å². The third-order valence-corrected chi connectivity index (χ3v) is 7.60. The molecule has 2 aromatic heterocycles. The third kappa shape index (κ3) is 3.71. The average molecular weight is 513 g/mol. The first kappa shape index (κ1) is 22.6. The quantitative estimate of drug-likeness (QED) is 0.235. The highest BCUT2D eigenvalue weighted by Gasteiger charge is 2.15. The molecule has 0 saturated heterocycles. The highest BCUT2D eigenvalue weighted by atomic mass is 16.3. The zero-order valence-corrected chi connectivity index (χ0v) is 21.7. The van der Waals surface area contributed by atoms with E-state index in [-0.39, 0.29) is 0 Å². The van der Waals surface area contributed by atoms with Crippen LogP contribution in [0.25, 0.3) is 72.3 Å². The number of fused-ring (bicyclic) bond motifs is 4. The molecule has 0 aliphatic carbocycles. The molecule has 0 N–H and O–H groups in total. The molecule has 0 aliphatic heterocycles. The fraction of sp³-hybridized carbons (Fsp3) is 0. The van der Waals surface area contributed by atoms with E-state index in [1.54, 1.807) is 0 Å². The van der Waals surface area contributed by atoms with Gasteiger partial charge in [-0.3, -0.25) is 4.57 Å². The molecule has 0 radical (unpaired) electrons. The molecule has 6 aromatic carbocycles. The van der Waals surface area contributed by atoms with Gasteiger partial charge in [-0.2, -0.15) is 0 Å². The predicted molar refractivity (Wildman–Crippen MR) is 165 cm³/mol. The molecule has 0 atom stereocenters. The number of hydrogen-bond donors (Lipinski definition) is 0. The first-order valence-corrected chi connectivity index (χ1v) is 13.5. The second kappa shape index (κ2) is 9.11. The molecule has 0 bridgehead atoms. The summed E-state index contributed by atoms with van der Waals surface area (Å²) in [7, 11) is 0. The van der Waals surface area contributed by atoms with E-state index in [0.717, 1.165) is 55.6 Å². The summed E-state index contributed by atoms with van der Waals surface area (Å²) in [6.45, 7) is 0. The van der Waals surface area contributed by atoms with E-state index in [1.165, 1.54) is 16.7 Å². The lowest BCUT2D eigenvalue weighted by molar-refractivity contribution is 0.669. The van der Waals surface area contributed by atoms with Crippen LogP contribution in [0.2, 0.25) is 0 Å². The van der Waals surface area contributed by atoms with E-state index in [2.05, 4.69) is 126 Å². The fourth-order valence-corrected chi connectivity index (χ4v) is 5.68. The molecule has 0 fully saturated rings. The molecule has 2 heterocycles. The summed E-state index contributed by atoms with van der Waals surface area (Å²) in [4.78, 5) is 5.01. The molecule has 40 heavy (non-hydrogen) atoms. The molecule has 0 aliphatic rings. The van der Waals surface area contributed by atoms with Crippen LogP contribution in [0.1, 0.15) is 0 Å². The molecule has 0 unspecified atom stereocenters. The molecule has 0 amide bonds. The van der Waals surface area contributed by atoms with Gasteiger partial charge in [-0.1, -0.05) is 97.1 Å². The van der Waals surface area contributed by atoms with Crippen LogP contribution in [0.3, 0.4) is 0 Å². The van der Waals surface area contributed by atoms with Gasteiger partial charge in [0.2, 0.25) is 0 Å². The Morgan fingerprint density at radius 1 is 0.450 bits per heavy atom. The highest BCUT2D eigenvalue weighted by Crippen LogP contribution is 2.35. The fourth-order valence-electron chi connectivity index (χ4n) is 5.68. The van der Waals surface area contributed by atoms with E-state index in [1.807, 2.05) is 24.3 Å². The number of benzene rings is 6. The van der Waals surface area contributed by atoms with Gasteiger partial charge in [0.05, 0.1) is 11.0 Å². The number of rotatable bonds is 4. The van der Waals surface area contributed by atoms with E-state index >= 15 is 0 Å².